The van der Waals surface area contributed by atoms with Crippen molar-refractivity contribution in [2.24, 2.45) is 0 Å². The minimum atomic E-state index is -2.52. The Labute approximate surface area is 88.2 Å². The van der Waals surface area contributed by atoms with Crippen LogP contribution in [0.4, 0.5) is 8.78 Å². The molecule has 0 aromatic carbocycles. The first kappa shape index (κ1) is 10.9. The first-order chi connectivity index (χ1) is 6.06. The van der Waals surface area contributed by atoms with Crippen LogP contribution in [0.25, 0.3) is 0 Å². The normalized spacial score (nSPS) is 10.9. The zero-order valence-electron chi connectivity index (χ0n) is 6.82. The number of aromatic nitrogens is 1. The predicted octanol–water partition coefficient (Wildman–Crippen LogP) is 3.83. The first-order valence-corrected chi connectivity index (χ1v) is 4.89. The van der Waals surface area contributed by atoms with E-state index in [1.165, 1.54) is 6.07 Å². The molecule has 0 fully saturated rings. The lowest BCUT2D eigenvalue weighted by Crippen LogP contribution is -1.99. The summed E-state index contributed by atoms with van der Waals surface area (Å²) in [6.45, 7) is 1.54. The summed E-state index contributed by atoms with van der Waals surface area (Å²) < 4.78 is 25.5. The second-order valence-corrected chi connectivity index (χ2v) is 3.62. The van der Waals surface area contributed by atoms with Gasteiger partial charge in [-0.05, 0) is 34.5 Å². The molecule has 0 saturated heterocycles. The van der Waals surface area contributed by atoms with Gasteiger partial charge in [-0.3, -0.25) is 0 Å². The molecule has 0 saturated carbocycles. The van der Waals surface area contributed by atoms with Gasteiger partial charge in [0.2, 0.25) is 0 Å². The van der Waals surface area contributed by atoms with Gasteiger partial charge in [0, 0.05) is 17.1 Å². The number of pyridine rings is 1. The molecule has 1 nitrogen and oxygen atoms in total. The molecule has 0 bridgehead atoms. The first-order valence-electron chi connectivity index (χ1n) is 3.56. The molecule has 0 spiro atoms. The van der Waals surface area contributed by atoms with Crippen LogP contribution in [0.2, 0.25) is 0 Å². The van der Waals surface area contributed by atoms with Gasteiger partial charge in [0.15, 0.2) is 0 Å². The number of alkyl halides is 3. The van der Waals surface area contributed by atoms with Crippen molar-refractivity contribution >= 4 is 27.5 Å². The second kappa shape index (κ2) is 4.33. The number of hydrogen-bond donors (Lipinski definition) is 0. The van der Waals surface area contributed by atoms with Gasteiger partial charge in [-0.2, -0.15) is 0 Å². The van der Waals surface area contributed by atoms with Crippen molar-refractivity contribution < 1.29 is 8.78 Å². The number of nitrogens with zero attached hydrogens (tertiary/aromatic N) is 1. The number of halogens is 4. The van der Waals surface area contributed by atoms with Gasteiger partial charge in [-0.15, -0.1) is 11.6 Å². The Morgan fingerprint density at radius 2 is 2.23 bits per heavy atom. The summed E-state index contributed by atoms with van der Waals surface area (Å²) in [7, 11) is 0. The van der Waals surface area contributed by atoms with E-state index >= 15 is 0 Å². The zero-order chi connectivity index (χ0) is 10.0. The molecular formula is C8H7BrClF2N. The van der Waals surface area contributed by atoms with Gasteiger partial charge >= 0.3 is 0 Å². The van der Waals surface area contributed by atoms with E-state index in [0.29, 0.717) is 15.9 Å². The Morgan fingerprint density at radius 3 is 2.69 bits per heavy atom. The standard InChI is InChI=1S/C8H7BrClF2N/c1-4-7(8(11)12)5(3-10)2-6(9)13-4/h2,8H,3H2,1H3. The van der Waals surface area contributed by atoms with Crippen LogP contribution in [0.1, 0.15) is 23.2 Å². The number of aryl methyl sites for hydroxylation is 1. The minimum Gasteiger partial charge on any atom is -0.246 e. The maximum atomic E-state index is 12.5. The molecule has 0 aliphatic rings. The van der Waals surface area contributed by atoms with Crippen molar-refractivity contribution in [1.29, 1.82) is 0 Å². The smallest absolute Gasteiger partial charge is 0.246 e. The average molecular weight is 271 g/mol. The Kier molecular flexibility index (Phi) is 3.62. The van der Waals surface area contributed by atoms with Crippen LogP contribution < -0.4 is 0 Å². The van der Waals surface area contributed by atoms with Crippen molar-refractivity contribution in [1.82, 2.24) is 4.98 Å². The van der Waals surface area contributed by atoms with Gasteiger partial charge < -0.3 is 0 Å². The Bertz CT molecular complexity index is 317. The van der Waals surface area contributed by atoms with Crippen LogP contribution in [0.3, 0.4) is 0 Å². The minimum absolute atomic E-state index is 0.0572. The van der Waals surface area contributed by atoms with E-state index < -0.39 is 6.43 Å². The SMILES string of the molecule is Cc1nc(Br)cc(CCl)c1C(F)F. The van der Waals surface area contributed by atoms with E-state index in [1.54, 1.807) is 6.92 Å². The van der Waals surface area contributed by atoms with Crippen LogP contribution in [0.15, 0.2) is 10.7 Å². The quantitative estimate of drug-likeness (QED) is 0.588. The van der Waals surface area contributed by atoms with Gasteiger partial charge in [0.05, 0.1) is 0 Å². The summed E-state index contributed by atoms with van der Waals surface area (Å²) in [5.74, 6) is 0.0711. The zero-order valence-corrected chi connectivity index (χ0v) is 9.16. The summed E-state index contributed by atoms with van der Waals surface area (Å²) in [5.41, 5.74) is 0.689. The highest BCUT2D eigenvalue weighted by molar-refractivity contribution is 9.10. The molecular weight excluding hydrogens is 263 g/mol. The molecule has 1 aromatic rings. The van der Waals surface area contributed by atoms with E-state index in [-0.39, 0.29) is 11.4 Å². The van der Waals surface area contributed by atoms with Crippen LogP contribution in [0.5, 0.6) is 0 Å². The predicted molar refractivity (Wildman–Crippen MR) is 51.2 cm³/mol. The van der Waals surface area contributed by atoms with Crippen molar-refractivity contribution in [3.63, 3.8) is 0 Å². The third-order valence-corrected chi connectivity index (χ3v) is 2.36. The van der Waals surface area contributed by atoms with Crippen molar-refractivity contribution in [2.45, 2.75) is 19.2 Å². The average Bonchev–Trinajstić information content (AvgIpc) is 2.01. The van der Waals surface area contributed by atoms with E-state index in [4.69, 9.17) is 11.6 Å². The summed E-state index contributed by atoms with van der Waals surface area (Å²) in [6.07, 6.45) is -2.52. The molecule has 0 aliphatic heterocycles. The van der Waals surface area contributed by atoms with Crippen LogP contribution in [0, 0.1) is 6.92 Å². The van der Waals surface area contributed by atoms with Crippen molar-refractivity contribution in [3.8, 4) is 0 Å². The molecule has 5 heteroatoms. The lowest BCUT2D eigenvalue weighted by Gasteiger charge is -2.09. The van der Waals surface area contributed by atoms with Crippen LogP contribution in [-0.2, 0) is 5.88 Å². The molecule has 0 N–H and O–H groups in total. The van der Waals surface area contributed by atoms with Crippen molar-refractivity contribution in [3.05, 3.63) is 27.5 Å². The molecule has 0 unspecified atom stereocenters. The number of hydrogen-bond acceptors (Lipinski definition) is 1. The van der Waals surface area contributed by atoms with Gasteiger partial charge in [-0.25, -0.2) is 13.8 Å². The van der Waals surface area contributed by atoms with Gasteiger partial charge in [0.25, 0.3) is 6.43 Å². The molecule has 0 amide bonds. The van der Waals surface area contributed by atoms with E-state index in [1.807, 2.05) is 0 Å². The Balaban J connectivity index is 3.30. The molecule has 72 valence electrons. The maximum Gasteiger partial charge on any atom is 0.265 e. The molecule has 0 atom stereocenters. The van der Waals surface area contributed by atoms with E-state index in [0.717, 1.165) is 0 Å². The highest BCUT2D eigenvalue weighted by Gasteiger charge is 2.16. The summed E-state index contributed by atoms with van der Waals surface area (Å²) in [6, 6.07) is 1.52. The highest BCUT2D eigenvalue weighted by Crippen LogP contribution is 2.28. The summed E-state index contributed by atoms with van der Waals surface area (Å²) >= 11 is 8.66. The van der Waals surface area contributed by atoms with E-state index in [2.05, 4.69) is 20.9 Å². The van der Waals surface area contributed by atoms with E-state index in [9.17, 15) is 8.78 Å². The highest BCUT2D eigenvalue weighted by atomic mass is 79.9. The molecule has 0 radical (unpaired) electrons. The van der Waals surface area contributed by atoms with Crippen LogP contribution >= 0.6 is 27.5 Å². The van der Waals surface area contributed by atoms with Crippen LogP contribution in [-0.4, -0.2) is 4.98 Å². The Hall–Kier alpha value is -0.220. The fourth-order valence-electron chi connectivity index (χ4n) is 1.12. The largest absolute Gasteiger partial charge is 0.265 e. The second-order valence-electron chi connectivity index (χ2n) is 2.54. The molecule has 1 aromatic heterocycles. The van der Waals surface area contributed by atoms with Gasteiger partial charge in [0.1, 0.15) is 4.60 Å². The molecule has 1 heterocycles. The summed E-state index contributed by atoms with van der Waals surface area (Å²) in [5, 5.41) is 0. The Morgan fingerprint density at radius 1 is 1.62 bits per heavy atom. The monoisotopic (exact) mass is 269 g/mol. The lowest BCUT2D eigenvalue weighted by molar-refractivity contribution is 0.149. The van der Waals surface area contributed by atoms with Gasteiger partial charge in [-0.1, -0.05) is 0 Å². The topological polar surface area (TPSA) is 12.9 Å². The third kappa shape index (κ3) is 2.38. The fraction of sp³-hybridized carbons (Fsp3) is 0.375. The molecule has 13 heavy (non-hydrogen) atoms. The summed E-state index contributed by atoms with van der Waals surface area (Å²) in [4.78, 5) is 3.88. The lowest BCUT2D eigenvalue weighted by atomic mass is 10.1. The fourth-order valence-corrected chi connectivity index (χ4v) is 1.88. The molecule has 0 aliphatic carbocycles. The van der Waals surface area contributed by atoms with Crippen molar-refractivity contribution in [2.75, 3.05) is 0 Å². The molecule has 1 rings (SSSR count). The maximum absolute atomic E-state index is 12.5. The number of rotatable bonds is 2. The third-order valence-electron chi connectivity index (χ3n) is 1.67.